The molecule has 0 aliphatic carbocycles. The van der Waals surface area contributed by atoms with Crippen LogP contribution < -0.4 is 0 Å². The van der Waals surface area contributed by atoms with Gasteiger partial charge < -0.3 is 9.47 Å². The molecule has 0 N–H and O–H groups in total. The van der Waals surface area contributed by atoms with Crippen LogP contribution in [0.25, 0.3) is 0 Å². The summed E-state index contributed by atoms with van der Waals surface area (Å²) in [6.45, 7) is 6.22. The highest BCUT2D eigenvalue weighted by atomic mass is 16.7. The molecule has 120 valence electrons. The maximum Gasteiger partial charge on any atom is 0.168 e. The highest BCUT2D eigenvalue weighted by molar-refractivity contribution is 4.71. The molecule has 1 rings (SSSR count). The quantitative estimate of drug-likeness (QED) is 0.419. The average molecular weight is 284 g/mol. The lowest BCUT2D eigenvalue weighted by Crippen LogP contribution is -2.39. The fraction of sp³-hybridized carbons (Fsp3) is 1.00. The van der Waals surface area contributed by atoms with Gasteiger partial charge in [-0.25, -0.2) is 0 Å². The first kappa shape index (κ1) is 18.0. The second-order valence-corrected chi connectivity index (χ2v) is 6.25. The van der Waals surface area contributed by atoms with E-state index >= 15 is 0 Å². The van der Waals surface area contributed by atoms with E-state index in [9.17, 15) is 0 Å². The van der Waals surface area contributed by atoms with Gasteiger partial charge in [0.05, 0.1) is 13.2 Å². The lowest BCUT2D eigenvalue weighted by atomic mass is 10.0. The van der Waals surface area contributed by atoms with Crippen molar-refractivity contribution in [3.63, 3.8) is 0 Å². The van der Waals surface area contributed by atoms with Gasteiger partial charge in [-0.15, -0.1) is 0 Å². The Balaban J connectivity index is 1.91. The van der Waals surface area contributed by atoms with E-state index in [2.05, 4.69) is 13.8 Å². The molecule has 0 spiro atoms. The van der Waals surface area contributed by atoms with Gasteiger partial charge in [-0.3, -0.25) is 0 Å². The van der Waals surface area contributed by atoms with Crippen molar-refractivity contribution in [3.8, 4) is 0 Å². The number of hydrogen-bond acceptors (Lipinski definition) is 2. The molecule has 2 nitrogen and oxygen atoms in total. The molecule has 2 heteroatoms. The zero-order valence-electron chi connectivity index (χ0n) is 13.9. The second-order valence-electron chi connectivity index (χ2n) is 6.25. The van der Waals surface area contributed by atoms with E-state index < -0.39 is 0 Å². The Labute approximate surface area is 126 Å². The number of hydrogen-bond donors (Lipinski definition) is 0. The van der Waals surface area contributed by atoms with E-state index in [1.165, 1.54) is 64.2 Å². The van der Waals surface area contributed by atoms with Crippen molar-refractivity contribution in [2.24, 2.45) is 0 Å². The zero-order chi connectivity index (χ0) is 14.5. The predicted molar refractivity (Wildman–Crippen MR) is 86.0 cm³/mol. The van der Waals surface area contributed by atoms with Gasteiger partial charge in [0.1, 0.15) is 0 Å². The highest BCUT2D eigenvalue weighted by Crippen LogP contribution is 2.28. The van der Waals surface area contributed by atoms with Gasteiger partial charge >= 0.3 is 0 Å². The summed E-state index contributed by atoms with van der Waals surface area (Å²) in [6, 6.07) is 0. The topological polar surface area (TPSA) is 18.5 Å². The summed E-state index contributed by atoms with van der Waals surface area (Å²) in [4.78, 5) is 0. The lowest BCUT2D eigenvalue weighted by Gasteiger charge is -2.36. The number of rotatable bonds is 12. The van der Waals surface area contributed by atoms with E-state index in [1.54, 1.807) is 0 Å². The normalized spacial score (nSPS) is 18.3. The molecule has 0 radical (unpaired) electrons. The van der Waals surface area contributed by atoms with Crippen LogP contribution in [0.4, 0.5) is 0 Å². The Bertz CT molecular complexity index is 209. The second kappa shape index (κ2) is 11.6. The molecule has 0 unspecified atom stereocenters. The molecule has 0 saturated carbocycles. The smallest absolute Gasteiger partial charge is 0.168 e. The zero-order valence-corrected chi connectivity index (χ0v) is 13.9. The summed E-state index contributed by atoms with van der Waals surface area (Å²) in [5, 5.41) is 0. The standard InChI is InChI=1S/C18H36O2/c1-3-5-6-7-8-9-10-11-12-13-15-18(4-2)19-16-14-17-20-18/h3-17H2,1-2H3. The molecule has 0 amide bonds. The third-order valence-corrected chi connectivity index (χ3v) is 4.47. The Hall–Kier alpha value is -0.0800. The van der Waals surface area contributed by atoms with Crippen molar-refractivity contribution >= 4 is 0 Å². The van der Waals surface area contributed by atoms with Gasteiger partial charge in [0.2, 0.25) is 0 Å². The third kappa shape index (κ3) is 7.64. The van der Waals surface area contributed by atoms with Crippen LogP contribution in [0.2, 0.25) is 0 Å². The first-order chi connectivity index (χ1) is 9.83. The molecule has 0 atom stereocenters. The lowest BCUT2D eigenvalue weighted by molar-refractivity contribution is -0.271. The predicted octanol–water partition coefficient (Wildman–Crippen LogP) is 5.84. The SMILES string of the molecule is CCCCCCCCCCCCC1(CC)OCCCO1. The monoisotopic (exact) mass is 284 g/mol. The Morgan fingerprint density at radius 2 is 1.20 bits per heavy atom. The van der Waals surface area contributed by atoms with Crippen molar-refractivity contribution in [3.05, 3.63) is 0 Å². The molecule has 1 heterocycles. The summed E-state index contributed by atoms with van der Waals surface area (Å²) in [5.41, 5.74) is 0. The molecule has 1 fully saturated rings. The molecule has 20 heavy (non-hydrogen) atoms. The molecule has 0 aromatic rings. The fourth-order valence-electron chi connectivity index (χ4n) is 3.02. The molecule has 0 bridgehead atoms. The van der Waals surface area contributed by atoms with Gasteiger partial charge in [-0.2, -0.15) is 0 Å². The van der Waals surface area contributed by atoms with Gasteiger partial charge in [0.25, 0.3) is 0 Å². The van der Waals surface area contributed by atoms with Crippen molar-refractivity contribution < 1.29 is 9.47 Å². The van der Waals surface area contributed by atoms with Crippen LogP contribution in [0, 0.1) is 0 Å². The van der Waals surface area contributed by atoms with E-state index in [-0.39, 0.29) is 5.79 Å². The van der Waals surface area contributed by atoms with Crippen molar-refractivity contribution in [1.82, 2.24) is 0 Å². The minimum absolute atomic E-state index is 0.238. The maximum absolute atomic E-state index is 5.88. The molecular formula is C18H36O2. The van der Waals surface area contributed by atoms with E-state index in [0.717, 1.165) is 32.5 Å². The van der Waals surface area contributed by atoms with Gasteiger partial charge in [0, 0.05) is 6.42 Å². The van der Waals surface area contributed by atoms with Crippen molar-refractivity contribution in [2.45, 2.75) is 103 Å². The Morgan fingerprint density at radius 3 is 1.70 bits per heavy atom. The summed E-state index contributed by atoms with van der Waals surface area (Å²) in [7, 11) is 0. The molecular weight excluding hydrogens is 248 g/mol. The first-order valence-electron chi connectivity index (χ1n) is 9.11. The van der Waals surface area contributed by atoms with Crippen LogP contribution in [-0.4, -0.2) is 19.0 Å². The summed E-state index contributed by atoms with van der Waals surface area (Å²) in [6.07, 6.45) is 17.0. The maximum atomic E-state index is 5.88. The van der Waals surface area contributed by atoms with Crippen molar-refractivity contribution in [1.29, 1.82) is 0 Å². The molecule has 0 aromatic carbocycles. The summed E-state index contributed by atoms with van der Waals surface area (Å²) < 4.78 is 11.8. The number of ether oxygens (including phenoxy) is 2. The summed E-state index contributed by atoms with van der Waals surface area (Å²) in [5.74, 6) is -0.238. The minimum Gasteiger partial charge on any atom is -0.350 e. The van der Waals surface area contributed by atoms with Crippen LogP contribution in [0.3, 0.4) is 0 Å². The molecule has 0 aromatic heterocycles. The van der Waals surface area contributed by atoms with Crippen LogP contribution in [-0.2, 0) is 9.47 Å². The first-order valence-corrected chi connectivity index (χ1v) is 9.11. The fourth-order valence-corrected chi connectivity index (χ4v) is 3.02. The van der Waals surface area contributed by atoms with Gasteiger partial charge in [-0.1, -0.05) is 71.6 Å². The van der Waals surface area contributed by atoms with E-state index in [4.69, 9.17) is 9.47 Å². The van der Waals surface area contributed by atoms with Crippen LogP contribution in [0.1, 0.15) is 97.3 Å². The minimum atomic E-state index is -0.238. The largest absolute Gasteiger partial charge is 0.350 e. The Morgan fingerprint density at radius 1 is 0.700 bits per heavy atom. The molecule has 1 aliphatic rings. The van der Waals surface area contributed by atoms with Crippen LogP contribution in [0.15, 0.2) is 0 Å². The highest BCUT2D eigenvalue weighted by Gasteiger charge is 2.31. The van der Waals surface area contributed by atoms with Crippen LogP contribution >= 0.6 is 0 Å². The molecule has 1 saturated heterocycles. The van der Waals surface area contributed by atoms with E-state index in [1.807, 2.05) is 0 Å². The number of unbranched alkanes of at least 4 members (excludes halogenated alkanes) is 9. The van der Waals surface area contributed by atoms with E-state index in [0.29, 0.717) is 0 Å². The third-order valence-electron chi connectivity index (χ3n) is 4.47. The van der Waals surface area contributed by atoms with Gasteiger partial charge in [-0.05, 0) is 19.3 Å². The average Bonchev–Trinajstić information content (AvgIpc) is 2.50. The Kier molecular flexibility index (Phi) is 10.4. The van der Waals surface area contributed by atoms with Crippen LogP contribution in [0.5, 0.6) is 0 Å². The van der Waals surface area contributed by atoms with Crippen molar-refractivity contribution in [2.75, 3.05) is 13.2 Å². The van der Waals surface area contributed by atoms with Gasteiger partial charge in [0.15, 0.2) is 5.79 Å². The summed E-state index contributed by atoms with van der Waals surface area (Å²) >= 11 is 0. The molecule has 1 aliphatic heterocycles.